The molecule has 2 fully saturated rings. The number of hydrogen-bond donors (Lipinski definition) is 4. The summed E-state index contributed by atoms with van der Waals surface area (Å²) in [6.45, 7) is 0.769. The van der Waals surface area contributed by atoms with Crippen molar-refractivity contribution in [2.45, 2.75) is 25.7 Å². The normalized spacial score (nSPS) is 21.2. The standard InChI is InChI=1S/C11H18N4O3/c12-9(15-18)11(3-4-11)10(17)14-6-5-13-8(16)7-1-2-7/h7,18H,1-6H2,(H2,12,15)(H,13,16)(H,14,17). The highest BCUT2D eigenvalue weighted by Crippen LogP contribution is 2.45. The van der Waals surface area contributed by atoms with E-state index in [9.17, 15) is 9.59 Å². The molecule has 0 bridgehead atoms. The molecule has 0 atom stereocenters. The van der Waals surface area contributed by atoms with Crippen LogP contribution in [0.15, 0.2) is 5.16 Å². The summed E-state index contributed by atoms with van der Waals surface area (Å²) in [7, 11) is 0. The van der Waals surface area contributed by atoms with E-state index in [1.54, 1.807) is 0 Å². The van der Waals surface area contributed by atoms with Crippen LogP contribution in [0.5, 0.6) is 0 Å². The first kappa shape index (κ1) is 12.7. The molecule has 0 saturated heterocycles. The van der Waals surface area contributed by atoms with Crippen LogP contribution in [0.1, 0.15) is 25.7 Å². The zero-order valence-corrected chi connectivity index (χ0v) is 10.1. The summed E-state index contributed by atoms with van der Waals surface area (Å²) in [5, 5.41) is 16.9. The average molecular weight is 254 g/mol. The molecule has 0 unspecified atom stereocenters. The Morgan fingerprint density at radius 2 is 1.89 bits per heavy atom. The molecule has 0 aliphatic heterocycles. The molecular formula is C11H18N4O3. The molecule has 100 valence electrons. The molecule has 2 aliphatic rings. The van der Waals surface area contributed by atoms with Gasteiger partial charge in [-0.1, -0.05) is 5.16 Å². The van der Waals surface area contributed by atoms with Gasteiger partial charge in [0.05, 0.1) is 0 Å². The minimum absolute atomic E-state index is 0.0398. The van der Waals surface area contributed by atoms with Gasteiger partial charge in [0.15, 0.2) is 5.84 Å². The summed E-state index contributed by atoms with van der Waals surface area (Å²) in [6, 6.07) is 0. The first-order valence-corrected chi connectivity index (χ1v) is 6.14. The number of nitrogens with one attached hydrogen (secondary N) is 2. The van der Waals surface area contributed by atoms with Crippen molar-refractivity contribution in [2.24, 2.45) is 22.2 Å². The van der Waals surface area contributed by atoms with Crippen molar-refractivity contribution in [3.63, 3.8) is 0 Å². The quantitative estimate of drug-likeness (QED) is 0.162. The van der Waals surface area contributed by atoms with Crippen molar-refractivity contribution >= 4 is 17.6 Å². The Kier molecular flexibility index (Phi) is 3.40. The molecule has 7 heteroatoms. The number of carbonyl (C=O) groups excluding carboxylic acids is 2. The van der Waals surface area contributed by atoms with Crippen LogP contribution >= 0.6 is 0 Å². The van der Waals surface area contributed by atoms with Crippen LogP contribution in [0.3, 0.4) is 0 Å². The van der Waals surface area contributed by atoms with Gasteiger partial charge in [0.2, 0.25) is 11.8 Å². The molecule has 0 radical (unpaired) electrons. The smallest absolute Gasteiger partial charge is 0.234 e. The van der Waals surface area contributed by atoms with Crippen molar-refractivity contribution in [3.05, 3.63) is 0 Å². The topological polar surface area (TPSA) is 117 Å². The third-order valence-corrected chi connectivity index (χ3v) is 3.44. The van der Waals surface area contributed by atoms with Gasteiger partial charge >= 0.3 is 0 Å². The van der Waals surface area contributed by atoms with Gasteiger partial charge < -0.3 is 21.6 Å². The fourth-order valence-corrected chi connectivity index (χ4v) is 1.84. The van der Waals surface area contributed by atoms with Gasteiger partial charge in [-0.15, -0.1) is 0 Å². The number of oxime groups is 1. The fraction of sp³-hybridized carbons (Fsp3) is 0.727. The van der Waals surface area contributed by atoms with E-state index < -0.39 is 5.41 Å². The van der Waals surface area contributed by atoms with E-state index in [-0.39, 0.29) is 23.6 Å². The number of hydrogen-bond acceptors (Lipinski definition) is 4. The van der Waals surface area contributed by atoms with E-state index in [0.29, 0.717) is 25.9 Å². The third kappa shape index (κ3) is 2.55. The lowest BCUT2D eigenvalue weighted by molar-refractivity contribution is -0.125. The van der Waals surface area contributed by atoms with Crippen molar-refractivity contribution < 1.29 is 14.8 Å². The molecule has 2 amide bonds. The predicted octanol–water partition coefficient (Wildman–Crippen LogP) is -0.845. The summed E-state index contributed by atoms with van der Waals surface area (Å²) in [4.78, 5) is 23.1. The van der Waals surface area contributed by atoms with Crippen molar-refractivity contribution in [2.75, 3.05) is 13.1 Å². The van der Waals surface area contributed by atoms with Gasteiger partial charge in [0.25, 0.3) is 0 Å². The van der Waals surface area contributed by atoms with E-state index in [0.717, 1.165) is 12.8 Å². The van der Waals surface area contributed by atoms with Crippen LogP contribution in [-0.2, 0) is 9.59 Å². The lowest BCUT2D eigenvalue weighted by Gasteiger charge is -2.13. The zero-order valence-electron chi connectivity index (χ0n) is 10.1. The molecule has 18 heavy (non-hydrogen) atoms. The zero-order chi connectivity index (χ0) is 13.2. The van der Waals surface area contributed by atoms with Crippen molar-refractivity contribution in [1.82, 2.24) is 10.6 Å². The molecule has 0 aromatic heterocycles. The Morgan fingerprint density at radius 3 is 2.39 bits per heavy atom. The van der Waals surface area contributed by atoms with E-state index in [4.69, 9.17) is 10.9 Å². The summed E-state index contributed by atoms with van der Waals surface area (Å²) < 4.78 is 0. The van der Waals surface area contributed by atoms with Gasteiger partial charge in [0, 0.05) is 19.0 Å². The summed E-state index contributed by atoms with van der Waals surface area (Å²) >= 11 is 0. The first-order valence-electron chi connectivity index (χ1n) is 6.14. The Balaban J connectivity index is 1.67. The number of carbonyl (C=O) groups is 2. The maximum Gasteiger partial charge on any atom is 0.234 e. The highest BCUT2D eigenvalue weighted by atomic mass is 16.4. The number of nitrogens with zero attached hydrogens (tertiary/aromatic N) is 1. The van der Waals surface area contributed by atoms with Crippen LogP contribution in [0.25, 0.3) is 0 Å². The van der Waals surface area contributed by atoms with Crippen molar-refractivity contribution in [1.29, 1.82) is 0 Å². The molecule has 2 aliphatic carbocycles. The third-order valence-electron chi connectivity index (χ3n) is 3.44. The van der Waals surface area contributed by atoms with Gasteiger partial charge in [-0.05, 0) is 25.7 Å². The molecule has 0 aromatic rings. The lowest BCUT2D eigenvalue weighted by Crippen LogP contribution is -2.43. The Bertz CT molecular complexity index is 386. The second-order valence-electron chi connectivity index (χ2n) is 4.89. The Morgan fingerprint density at radius 1 is 1.28 bits per heavy atom. The highest BCUT2D eigenvalue weighted by Gasteiger charge is 2.54. The minimum atomic E-state index is -0.824. The molecule has 0 aromatic carbocycles. The van der Waals surface area contributed by atoms with E-state index in [2.05, 4.69) is 15.8 Å². The number of amides is 2. The molecule has 2 rings (SSSR count). The highest BCUT2D eigenvalue weighted by molar-refractivity contribution is 6.09. The lowest BCUT2D eigenvalue weighted by atomic mass is 10.1. The SMILES string of the molecule is NC(=NO)C1(C(=O)NCCNC(=O)C2CC2)CC1. The number of nitrogens with two attached hydrogens (primary N) is 1. The fourth-order valence-electron chi connectivity index (χ4n) is 1.84. The van der Waals surface area contributed by atoms with Crippen LogP contribution < -0.4 is 16.4 Å². The Hall–Kier alpha value is -1.79. The van der Waals surface area contributed by atoms with Crippen LogP contribution in [-0.4, -0.2) is 35.9 Å². The summed E-state index contributed by atoms with van der Waals surface area (Å²) in [5.41, 5.74) is 4.66. The molecule has 2 saturated carbocycles. The first-order chi connectivity index (χ1) is 8.60. The van der Waals surface area contributed by atoms with Gasteiger partial charge in [-0.3, -0.25) is 9.59 Å². The van der Waals surface area contributed by atoms with Crippen LogP contribution in [0.4, 0.5) is 0 Å². The second kappa shape index (κ2) is 4.83. The molecular weight excluding hydrogens is 236 g/mol. The Labute approximate surface area is 105 Å². The number of rotatable bonds is 6. The van der Waals surface area contributed by atoms with E-state index in [1.807, 2.05) is 0 Å². The summed E-state index contributed by atoms with van der Waals surface area (Å²) in [6.07, 6.45) is 3.13. The monoisotopic (exact) mass is 254 g/mol. The second-order valence-corrected chi connectivity index (χ2v) is 4.89. The van der Waals surface area contributed by atoms with E-state index in [1.165, 1.54) is 0 Å². The van der Waals surface area contributed by atoms with Gasteiger partial charge in [-0.25, -0.2) is 0 Å². The van der Waals surface area contributed by atoms with Gasteiger partial charge in [-0.2, -0.15) is 0 Å². The van der Waals surface area contributed by atoms with Gasteiger partial charge in [0.1, 0.15) is 5.41 Å². The van der Waals surface area contributed by atoms with Crippen LogP contribution in [0.2, 0.25) is 0 Å². The minimum Gasteiger partial charge on any atom is -0.409 e. The maximum absolute atomic E-state index is 11.8. The largest absolute Gasteiger partial charge is 0.409 e. The van der Waals surface area contributed by atoms with E-state index >= 15 is 0 Å². The number of amidine groups is 1. The molecule has 7 nitrogen and oxygen atoms in total. The predicted molar refractivity (Wildman–Crippen MR) is 63.8 cm³/mol. The molecule has 0 spiro atoms. The van der Waals surface area contributed by atoms with Crippen molar-refractivity contribution in [3.8, 4) is 0 Å². The maximum atomic E-state index is 11.8. The molecule has 0 heterocycles. The molecule has 5 N–H and O–H groups in total. The summed E-state index contributed by atoms with van der Waals surface area (Å²) in [5.74, 6) is -0.0463. The average Bonchev–Trinajstić information content (AvgIpc) is 3.24. The van der Waals surface area contributed by atoms with Crippen LogP contribution in [0, 0.1) is 11.3 Å².